The molecule has 0 bridgehead atoms. The fourth-order valence-electron chi connectivity index (χ4n) is 5.62. The molecule has 6 heteroatoms. The number of hydrogen-bond acceptors (Lipinski definition) is 5. The van der Waals surface area contributed by atoms with E-state index in [1.807, 2.05) is 30.0 Å². The molecule has 39 heavy (non-hydrogen) atoms. The number of Topliss-reactive ketones (excluding diaryl/α,β-unsaturated/α-hetero) is 1. The van der Waals surface area contributed by atoms with Crippen molar-refractivity contribution in [3.8, 4) is 6.07 Å². The van der Waals surface area contributed by atoms with Crippen LogP contribution in [0.1, 0.15) is 58.6 Å². The fraction of sp³-hybridized carbons (Fsp3) is 0.273. The lowest BCUT2D eigenvalue weighted by atomic mass is 9.73. The Morgan fingerprint density at radius 3 is 2.46 bits per heavy atom. The maximum absolute atomic E-state index is 13.6. The standard InChI is InChI=1S/C33H32ClN3OS/c1-19-8-12-25(13-9-19)39-18-23-14-20(2)15-26(22(23)4)31-27(17-35)33(36)37(24-11-10-21(3)28(34)16-24)29-6-5-7-30(38)32(29)31/h8-16,31H,5-7,18,36H2,1-4H3. The number of carbonyl (C=O) groups is 1. The molecule has 0 aromatic heterocycles. The minimum absolute atomic E-state index is 0.0844. The molecule has 3 aromatic rings. The van der Waals surface area contributed by atoms with Crippen LogP contribution < -0.4 is 10.6 Å². The molecule has 0 radical (unpaired) electrons. The second kappa shape index (κ2) is 11.0. The van der Waals surface area contributed by atoms with Crippen molar-refractivity contribution in [1.82, 2.24) is 0 Å². The molecule has 0 saturated carbocycles. The second-order valence-electron chi connectivity index (χ2n) is 10.5. The molecular weight excluding hydrogens is 522 g/mol. The molecule has 1 aliphatic carbocycles. The molecular formula is C33H32ClN3OS. The van der Waals surface area contributed by atoms with Gasteiger partial charge in [-0.1, -0.05) is 53.1 Å². The van der Waals surface area contributed by atoms with E-state index in [2.05, 4.69) is 63.2 Å². The van der Waals surface area contributed by atoms with Gasteiger partial charge in [-0.25, -0.2) is 0 Å². The molecule has 1 atom stereocenters. The number of nitrogens with two attached hydrogens (primary N) is 1. The van der Waals surface area contributed by atoms with E-state index in [0.717, 1.165) is 45.8 Å². The summed E-state index contributed by atoms with van der Waals surface area (Å²) in [5, 5.41) is 11.1. The topological polar surface area (TPSA) is 70.1 Å². The molecule has 0 fully saturated rings. The average Bonchev–Trinajstić information content (AvgIpc) is 2.91. The molecule has 2 N–H and O–H groups in total. The van der Waals surface area contributed by atoms with Crippen LogP contribution >= 0.6 is 23.4 Å². The monoisotopic (exact) mass is 553 g/mol. The van der Waals surface area contributed by atoms with Crippen LogP contribution in [-0.4, -0.2) is 5.78 Å². The summed E-state index contributed by atoms with van der Waals surface area (Å²) in [5.74, 6) is 0.761. The Morgan fingerprint density at radius 1 is 1.03 bits per heavy atom. The van der Waals surface area contributed by atoms with Crippen molar-refractivity contribution in [2.24, 2.45) is 5.73 Å². The van der Waals surface area contributed by atoms with E-state index in [0.29, 0.717) is 34.8 Å². The van der Waals surface area contributed by atoms with Crippen molar-refractivity contribution in [2.75, 3.05) is 4.90 Å². The molecule has 3 aromatic carbocycles. The highest BCUT2D eigenvalue weighted by molar-refractivity contribution is 7.98. The number of nitriles is 1. The van der Waals surface area contributed by atoms with Crippen molar-refractivity contribution in [3.63, 3.8) is 0 Å². The first-order valence-corrected chi connectivity index (χ1v) is 14.6. The highest BCUT2D eigenvalue weighted by atomic mass is 35.5. The summed E-state index contributed by atoms with van der Waals surface area (Å²) in [6.07, 6.45) is 1.93. The molecule has 5 rings (SSSR count). The molecule has 1 aliphatic heterocycles. The van der Waals surface area contributed by atoms with Crippen molar-refractivity contribution >= 4 is 34.8 Å². The zero-order valence-electron chi connectivity index (χ0n) is 22.8. The van der Waals surface area contributed by atoms with Gasteiger partial charge in [0.15, 0.2) is 5.78 Å². The SMILES string of the molecule is Cc1ccc(SCc2cc(C)cc(C3C(C#N)=C(N)N(c4ccc(C)c(Cl)c4)C4=C3C(=O)CCC4)c2C)cc1. The predicted molar refractivity (Wildman–Crippen MR) is 161 cm³/mol. The van der Waals surface area contributed by atoms with Gasteiger partial charge in [0, 0.05) is 39.0 Å². The number of thioether (sulfide) groups is 1. The Hall–Kier alpha value is -3.46. The molecule has 1 unspecified atom stereocenters. The van der Waals surface area contributed by atoms with Gasteiger partial charge in [-0.05, 0) is 87.1 Å². The van der Waals surface area contributed by atoms with E-state index in [1.54, 1.807) is 11.8 Å². The quantitative estimate of drug-likeness (QED) is 0.323. The maximum atomic E-state index is 13.6. The van der Waals surface area contributed by atoms with Crippen LogP contribution in [0.5, 0.6) is 0 Å². The summed E-state index contributed by atoms with van der Waals surface area (Å²) < 4.78 is 0. The minimum atomic E-state index is -0.488. The number of anilines is 1. The molecule has 4 nitrogen and oxygen atoms in total. The largest absolute Gasteiger partial charge is 0.384 e. The Balaban J connectivity index is 1.63. The van der Waals surface area contributed by atoms with Crippen LogP contribution in [-0.2, 0) is 10.5 Å². The van der Waals surface area contributed by atoms with Crippen molar-refractivity contribution < 1.29 is 4.79 Å². The lowest BCUT2D eigenvalue weighted by Gasteiger charge is -2.40. The number of hydrogen-bond donors (Lipinski definition) is 1. The maximum Gasteiger partial charge on any atom is 0.161 e. The van der Waals surface area contributed by atoms with Gasteiger partial charge in [0.2, 0.25) is 0 Å². The smallest absolute Gasteiger partial charge is 0.161 e. The van der Waals surface area contributed by atoms with E-state index in [4.69, 9.17) is 17.3 Å². The third kappa shape index (κ3) is 5.12. The highest BCUT2D eigenvalue weighted by Gasteiger charge is 2.41. The van der Waals surface area contributed by atoms with Crippen LogP contribution in [0, 0.1) is 39.0 Å². The third-order valence-corrected chi connectivity index (χ3v) is 9.22. The first-order valence-electron chi connectivity index (χ1n) is 13.2. The van der Waals surface area contributed by atoms with Gasteiger partial charge in [-0.3, -0.25) is 9.69 Å². The summed E-state index contributed by atoms with van der Waals surface area (Å²) in [6, 6.07) is 21.0. The zero-order chi connectivity index (χ0) is 27.8. The number of carbonyl (C=O) groups excluding carboxylic acids is 1. The van der Waals surface area contributed by atoms with Crippen LogP contribution in [0.3, 0.4) is 0 Å². The summed E-state index contributed by atoms with van der Waals surface area (Å²) in [4.78, 5) is 16.7. The number of rotatable bonds is 5. The van der Waals surface area contributed by atoms with E-state index >= 15 is 0 Å². The van der Waals surface area contributed by atoms with E-state index in [9.17, 15) is 10.1 Å². The molecule has 0 spiro atoms. The number of allylic oxidation sites excluding steroid dienone is 3. The van der Waals surface area contributed by atoms with E-state index < -0.39 is 5.92 Å². The summed E-state index contributed by atoms with van der Waals surface area (Å²) in [5.41, 5.74) is 16.1. The van der Waals surface area contributed by atoms with Gasteiger partial charge >= 0.3 is 0 Å². The average molecular weight is 554 g/mol. The second-order valence-corrected chi connectivity index (χ2v) is 11.9. The van der Waals surface area contributed by atoms with Gasteiger partial charge in [-0.2, -0.15) is 5.26 Å². The van der Waals surface area contributed by atoms with Gasteiger partial charge in [-0.15, -0.1) is 11.8 Å². The highest BCUT2D eigenvalue weighted by Crippen LogP contribution is 2.48. The number of halogens is 1. The number of aryl methyl sites for hydroxylation is 3. The van der Waals surface area contributed by atoms with Crippen LogP contribution in [0.25, 0.3) is 0 Å². The summed E-state index contributed by atoms with van der Waals surface area (Å²) in [7, 11) is 0. The zero-order valence-corrected chi connectivity index (χ0v) is 24.3. The van der Waals surface area contributed by atoms with Gasteiger partial charge in [0.1, 0.15) is 5.82 Å². The van der Waals surface area contributed by atoms with Crippen molar-refractivity contribution in [3.05, 3.63) is 116 Å². The normalized spacial score (nSPS) is 17.4. The van der Waals surface area contributed by atoms with Crippen LogP contribution in [0.15, 0.2) is 82.2 Å². The molecule has 0 amide bonds. The van der Waals surface area contributed by atoms with Crippen molar-refractivity contribution in [1.29, 1.82) is 5.26 Å². The minimum Gasteiger partial charge on any atom is -0.384 e. The lowest BCUT2D eigenvalue weighted by Crippen LogP contribution is -2.39. The molecule has 198 valence electrons. The molecule has 2 aliphatic rings. The Bertz CT molecular complexity index is 1580. The van der Waals surface area contributed by atoms with Gasteiger partial charge < -0.3 is 5.73 Å². The molecule has 1 heterocycles. The summed E-state index contributed by atoms with van der Waals surface area (Å²) in [6.45, 7) is 8.21. The fourth-order valence-corrected chi connectivity index (χ4v) is 6.75. The van der Waals surface area contributed by atoms with Crippen LogP contribution in [0.2, 0.25) is 5.02 Å². The lowest BCUT2D eigenvalue weighted by molar-refractivity contribution is -0.116. The number of ketones is 1. The summed E-state index contributed by atoms with van der Waals surface area (Å²) >= 11 is 8.27. The van der Waals surface area contributed by atoms with E-state index in [-0.39, 0.29) is 5.78 Å². The first kappa shape index (κ1) is 27.1. The Morgan fingerprint density at radius 2 is 1.77 bits per heavy atom. The van der Waals surface area contributed by atoms with Gasteiger partial charge in [0.05, 0.1) is 17.6 Å². The predicted octanol–water partition coefficient (Wildman–Crippen LogP) is 8.17. The first-order chi connectivity index (χ1) is 18.7. The van der Waals surface area contributed by atoms with Gasteiger partial charge in [0.25, 0.3) is 0 Å². The van der Waals surface area contributed by atoms with Crippen molar-refractivity contribution in [2.45, 2.75) is 63.5 Å². The number of nitrogens with zero attached hydrogens (tertiary/aromatic N) is 2. The third-order valence-electron chi connectivity index (χ3n) is 7.75. The molecule has 0 saturated heterocycles. The number of benzene rings is 3. The Kier molecular flexibility index (Phi) is 7.62. The Labute approximate surface area is 240 Å². The van der Waals surface area contributed by atoms with E-state index in [1.165, 1.54) is 16.0 Å². The van der Waals surface area contributed by atoms with Crippen LogP contribution in [0.4, 0.5) is 5.69 Å².